The average molecular weight is 312 g/mol. The van der Waals surface area contributed by atoms with Gasteiger partial charge < -0.3 is 4.52 Å². The van der Waals surface area contributed by atoms with Crippen LogP contribution >= 0.6 is 11.3 Å². The van der Waals surface area contributed by atoms with Gasteiger partial charge in [0.15, 0.2) is 5.76 Å². The fourth-order valence-corrected chi connectivity index (χ4v) is 5.47. The van der Waals surface area contributed by atoms with Crippen LogP contribution < -0.4 is 0 Å². The van der Waals surface area contributed by atoms with Gasteiger partial charge >= 0.3 is 0 Å². The largest absolute Gasteiger partial charge is 0.360 e. The van der Waals surface area contributed by atoms with Crippen molar-refractivity contribution in [2.75, 3.05) is 6.54 Å². The molecule has 2 aromatic rings. The predicted octanol–water partition coefficient (Wildman–Crippen LogP) is 2.88. The van der Waals surface area contributed by atoms with Gasteiger partial charge in [-0.2, -0.15) is 15.6 Å². The molecule has 0 unspecified atom stereocenters. The number of hydrogen-bond acceptors (Lipinski definition) is 5. The number of aromatic nitrogens is 1. The topological polar surface area (TPSA) is 63.4 Å². The summed E-state index contributed by atoms with van der Waals surface area (Å²) in [6, 6.07) is 1.93. The van der Waals surface area contributed by atoms with Crippen LogP contribution in [0.4, 0.5) is 0 Å². The van der Waals surface area contributed by atoms with Crippen molar-refractivity contribution in [1.29, 1.82) is 0 Å². The van der Waals surface area contributed by atoms with Crippen molar-refractivity contribution in [3.05, 3.63) is 33.8 Å². The SMILES string of the molecule is Cc1noc(C)c1S(=O)(=O)N1CCC[C@@H]1c1ccsc1. The Labute approximate surface area is 122 Å². The highest BCUT2D eigenvalue weighted by Crippen LogP contribution is 2.38. The van der Waals surface area contributed by atoms with Crippen LogP contribution in [-0.2, 0) is 10.0 Å². The first-order valence-corrected chi connectivity index (χ1v) is 8.87. The molecule has 0 aromatic carbocycles. The summed E-state index contributed by atoms with van der Waals surface area (Å²) in [5, 5.41) is 7.76. The van der Waals surface area contributed by atoms with E-state index in [0.717, 1.165) is 18.4 Å². The highest BCUT2D eigenvalue weighted by Gasteiger charge is 2.39. The molecule has 1 aliphatic rings. The highest BCUT2D eigenvalue weighted by molar-refractivity contribution is 7.89. The first kappa shape index (κ1) is 13.8. The third kappa shape index (κ3) is 2.10. The molecule has 5 nitrogen and oxygen atoms in total. The van der Waals surface area contributed by atoms with Crippen molar-refractivity contribution in [3.63, 3.8) is 0 Å². The standard InChI is InChI=1S/C13H16N2O3S2/c1-9-13(10(2)18-14-9)20(16,17)15-6-3-4-12(15)11-5-7-19-8-11/h5,7-8,12H,3-4,6H2,1-2H3/t12-/m1/s1. The van der Waals surface area contributed by atoms with Gasteiger partial charge in [-0.25, -0.2) is 8.42 Å². The molecular weight excluding hydrogens is 296 g/mol. The van der Waals surface area contributed by atoms with Crippen LogP contribution in [0.5, 0.6) is 0 Å². The smallest absolute Gasteiger partial charge is 0.249 e. The molecule has 1 fully saturated rings. The number of thiophene rings is 1. The number of hydrogen-bond donors (Lipinski definition) is 0. The molecule has 0 spiro atoms. The van der Waals surface area contributed by atoms with Crippen molar-refractivity contribution in [2.45, 2.75) is 37.6 Å². The van der Waals surface area contributed by atoms with Crippen LogP contribution in [0.15, 0.2) is 26.2 Å². The maximum absolute atomic E-state index is 12.9. The number of rotatable bonds is 3. The van der Waals surface area contributed by atoms with Gasteiger partial charge in [-0.05, 0) is 49.1 Å². The van der Waals surface area contributed by atoms with Gasteiger partial charge in [-0.1, -0.05) is 5.16 Å². The van der Waals surface area contributed by atoms with Crippen molar-refractivity contribution >= 4 is 21.4 Å². The minimum absolute atomic E-state index is 0.0695. The van der Waals surface area contributed by atoms with E-state index >= 15 is 0 Å². The average Bonchev–Trinajstić information content (AvgIpc) is 3.08. The lowest BCUT2D eigenvalue weighted by atomic mass is 10.1. The van der Waals surface area contributed by atoms with E-state index in [1.165, 1.54) is 0 Å². The fraction of sp³-hybridized carbons (Fsp3) is 0.462. The molecule has 0 aliphatic carbocycles. The van der Waals surface area contributed by atoms with Crippen molar-refractivity contribution in [1.82, 2.24) is 9.46 Å². The summed E-state index contributed by atoms with van der Waals surface area (Å²) in [6.45, 7) is 3.86. The Balaban J connectivity index is 2.03. The molecule has 20 heavy (non-hydrogen) atoms. The van der Waals surface area contributed by atoms with Crippen LogP contribution in [0.2, 0.25) is 0 Å². The molecule has 108 valence electrons. The summed E-state index contributed by atoms with van der Waals surface area (Å²) < 4.78 is 32.3. The lowest BCUT2D eigenvalue weighted by Crippen LogP contribution is -2.31. The summed E-state index contributed by atoms with van der Waals surface area (Å²) in [4.78, 5) is 0.222. The van der Waals surface area contributed by atoms with Gasteiger partial charge in [0.25, 0.3) is 0 Å². The Morgan fingerprint density at radius 2 is 2.25 bits per heavy atom. The van der Waals surface area contributed by atoms with E-state index in [2.05, 4.69) is 5.16 Å². The summed E-state index contributed by atoms with van der Waals surface area (Å²) >= 11 is 1.59. The maximum Gasteiger partial charge on any atom is 0.249 e. The molecule has 1 atom stereocenters. The predicted molar refractivity (Wildman–Crippen MR) is 76.2 cm³/mol. The zero-order valence-corrected chi connectivity index (χ0v) is 13.0. The Morgan fingerprint density at radius 3 is 2.85 bits per heavy atom. The van der Waals surface area contributed by atoms with Gasteiger partial charge in [-0.3, -0.25) is 0 Å². The van der Waals surface area contributed by atoms with Gasteiger partial charge in [0.05, 0.1) is 6.04 Å². The monoisotopic (exact) mass is 312 g/mol. The first-order valence-electron chi connectivity index (χ1n) is 6.48. The molecule has 7 heteroatoms. The third-order valence-corrected chi connectivity index (χ3v) is 6.52. The molecule has 1 aliphatic heterocycles. The second-order valence-corrected chi connectivity index (χ2v) is 7.59. The van der Waals surface area contributed by atoms with Crippen molar-refractivity contribution in [2.24, 2.45) is 0 Å². The van der Waals surface area contributed by atoms with Gasteiger partial charge in [0.1, 0.15) is 10.6 Å². The molecule has 0 saturated carbocycles. The van der Waals surface area contributed by atoms with E-state index in [-0.39, 0.29) is 10.9 Å². The van der Waals surface area contributed by atoms with Crippen LogP contribution in [-0.4, -0.2) is 24.4 Å². The summed E-state index contributed by atoms with van der Waals surface area (Å²) in [5.74, 6) is 0.360. The lowest BCUT2D eigenvalue weighted by Gasteiger charge is -2.23. The molecule has 0 amide bonds. The molecule has 0 radical (unpaired) electrons. The van der Waals surface area contributed by atoms with Crippen LogP contribution in [0, 0.1) is 13.8 Å². The van der Waals surface area contributed by atoms with E-state index in [1.54, 1.807) is 29.5 Å². The second-order valence-electron chi connectivity index (χ2n) is 4.98. The highest BCUT2D eigenvalue weighted by atomic mass is 32.2. The van der Waals surface area contributed by atoms with Gasteiger partial charge in [0.2, 0.25) is 10.0 Å². The quantitative estimate of drug-likeness (QED) is 0.874. The summed E-state index contributed by atoms with van der Waals surface area (Å²) in [6.07, 6.45) is 1.74. The number of nitrogens with zero attached hydrogens (tertiary/aromatic N) is 2. The molecule has 2 aromatic heterocycles. The molecular formula is C13H16N2O3S2. The Morgan fingerprint density at radius 1 is 1.45 bits per heavy atom. The van der Waals surface area contributed by atoms with E-state index < -0.39 is 10.0 Å². The summed E-state index contributed by atoms with van der Waals surface area (Å²) in [5.41, 5.74) is 1.50. The molecule has 0 bridgehead atoms. The van der Waals surface area contributed by atoms with Gasteiger partial charge in [-0.15, -0.1) is 0 Å². The Hall–Kier alpha value is -1.18. The number of sulfonamides is 1. The van der Waals surface area contributed by atoms with Gasteiger partial charge in [0, 0.05) is 6.54 Å². The molecule has 3 rings (SSSR count). The minimum atomic E-state index is -3.55. The first-order chi connectivity index (χ1) is 9.51. The van der Waals surface area contributed by atoms with Crippen LogP contribution in [0.25, 0.3) is 0 Å². The molecule has 1 saturated heterocycles. The minimum Gasteiger partial charge on any atom is -0.360 e. The van der Waals surface area contributed by atoms with Crippen molar-refractivity contribution in [3.8, 4) is 0 Å². The van der Waals surface area contributed by atoms with E-state index in [1.807, 2.05) is 16.8 Å². The van der Waals surface area contributed by atoms with E-state index in [0.29, 0.717) is 18.0 Å². The van der Waals surface area contributed by atoms with Crippen molar-refractivity contribution < 1.29 is 12.9 Å². The zero-order chi connectivity index (χ0) is 14.3. The van der Waals surface area contributed by atoms with Crippen LogP contribution in [0.3, 0.4) is 0 Å². The number of aryl methyl sites for hydroxylation is 2. The zero-order valence-electron chi connectivity index (χ0n) is 11.4. The maximum atomic E-state index is 12.9. The molecule has 3 heterocycles. The molecule has 0 N–H and O–H groups in total. The lowest BCUT2D eigenvalue weighted by molar-refractivity contribution is 0.384. The van der Waals surface area contributed by atoms with E-state index in [4.69, 9.17) is 4.52 Å². The normalized spacial score (nSPS) is 20.6. The second kappa shape index (κ2) is 4.98. The van der Waals surface area contributed by atoms with E-state index in [9.17, 15) is 8.42 Å². The fourth-order valence-electron chi connectivity index (χ4n) is 2.79. The van der Waals surface area contributed by atoms with Crippen LogP contribution in [0.1, 0.15) is 35.9 Å². The third-order valence-electron chi connectivity index (χ3n) is 3.67. The summed E-state index contributed by atoms with van der Waals surface area (Å²) in [7, 11) is -3.55. The Kier molecular flexibility index (Phi) is 3.43. The Bertz CT molecular complexity index is 685.